The number of rotatable bonds is 3. The fourth-order valence-electron chi connectivity index (χ4n) is 2.18. The van der Waals surface area contributed by atoms with Crippen molar-refractivity contribution < 1.29 is 4.79 Å². The van der Waals surface area contributed by atoms with E-state index < -0.39 is 0 Å². The summed E-state index contributed by atoms with van der Waals surface area (Å²) in [7, 11) is 4.03. The quantitative estimate of drug-likeness (QED) is 0.636. The van der Waals surface area contributed by atoms with Gasteiger partial charge in [-0.25, -0.2) is 0 Å². The van der Waals surface area contributed by atoms with E-state index in [0.29, 0.717) is 12.1 Å². The molecule has 0 radical (unpaired) electrons. The molecule has 0 aromatic carbocycles. The van der Waals surface area contributed by atoms with E-state index in [1.165, 1.54) is 0 Å². The lowest BCUT2D eigenvalue weighted by molar-refractivity contribution is -0.129. The number of hydrogen-bond acceptors (Lipinski definition) is 3. The lowest BCUT2D eigenvalue weighted by Gasteiger charge is -2.40. The zero-order valence-electron chi connectivity index (χ0n) is 8.92. The zero-order valence-corrected chi connectivity index (χ0v) is 8.92. The maximum absolute atomic E-state index is 11.6. The van der Waals surface area contributed by atoms with Gasteiger partial charge in [0.2, 0.25) is 5.91 Å². The second-order valence-corrected chi connectivity index (χ2v) is 4.58. The van der Waals surface area contributed by atoms with Crippen molar-refractivity contribution in [2.24, 2.45) is 5.92 Å². The fourth-order valence-corrected chi connectivity index (χ4v) is 2.18. The molecule has 2 N–H and O–H groups in total. The fraction of sp³-hybridized carbons (Fsp3) is 0.900. The molecule has 14 heavy (non-hydrogen) atoms. The summed E-state index contributed by atoms with van der Waals surface area (Å²) in [4.78, 5) is 13.8. The van der Waals surface area contributed by atoms with Crippen molar-refractivity contribution in [2.45, 2.75) is 24.9 Å². The standard InChI is InChI=1S/C10H19N3O/c1-11-8-3-7(4-8)10(14)12-9-5-13(2)6-9/h7-9,11H,3-6H2,1-2H3,(H,12,14). The highest BCUT2D eigenvalue weighted by molar-refractivity contribution is 5.80. The van der Waals surface area contributed by atoms with Gasteiger partial charge in [0.1, 0.15) is 0 Å². The Morgan fingerprint density at radius 3 is 2.43 bits per heavy atom. The first-order chi connectivity index (χ1) is 6.69. The van der Waals surface area contributed by atoms with Crippen molar-refractivity contribution in [3.05, 3.63) is 0 Å². The lowest BCUT2D eigenvalue weighted by atomic mass is 9.79. The van der Waals surface area contributed by atoms with Gasteiger partial charge in [0, 0.05) is 25.0 Å². The molecular weight excluding hydrogens is 178 g/mol. The van der Waals surface area contributed by atoms with Crippen LogP contribution >= 0.6 is 0 Å². The smallest absolute Gasteiger partial charge is 0.223 e. The minimum absolute atomic E-state index is 0.259. The van der Waals surface area contributed by atoms with Crippen LogP contribution in [0.5, 0.6) is 0 Å². The summed E-state index contributed by atoms with van der Waals surface area (Å²) in [5, 5.41) is 6.27. The molecule has 1 saturated heterocycles. The Hall–Kier alpha value is -0.610. The Labute approximate surface area is 85.0 Å². The highest BCUT2D eigenvalue weighted by Gasteiger charge is 2.35. The normalized spacial score (nSPS) is 33.3. The highest BCUT2D eigenvalue weighted by atomic mass is 16.2. The SMILES string of the molecule is CNC1CC(C(=O)NC2CN(C)C2)C1. The highest BCUT2D eigenvalue weighted by Crippen LogP contribution is 2.27. The van der Waals surface area contributed by atoms with E-state index in [0.717, 1.165) is 25.9 Å². The molecule has 1 amide bonds. The van der Waals surface area contributed by atoms with Gasteiger partial charge in [0.25, 0.3) is 0 Å². The van der Waals surface area contributed by atoms with Crippen molar-refractivity contribution in [3.63, 3.8) is 0 Å². The minimum Gasteiger partial charge on any atom is -0.351 e. The Bertz CT molecular complexity index is 219. The van der Waals surface area contributed by atoms with E-state index >= 15 is 0 Å². The first-order valence-corrected chi connectivity index (χ1v) is 5.35. The predicted molar refractivity (Wildman–Crippen MR) is 55.0 cm³/mol. The average Bonchev–Trinajstić information content (AvgIpc) is 1.99. The van der Waals surface area contributed by atoms with Gasteiger partial charge in [-0.1, -0.05) is 0 Å². The topological polar surface area (TPSA) is 44.4 Å². The molecule has 1 aliphatic heterocycles. The molecule has 80 valence electrons. The molecule has 0 spiro atoms. The van der Waals surface area contributed by atoms with Gasteiger partial charge in [0.05, 0.1) is 6.04 Å². The van der Waals surface area contributed by atoms with Gasteiger partial charge in [-0.3, -0.25) is 4.79 Å². The van der Waals surface area contributed by atoms with Crippen LogP contribution < -0.4 is 10.6 Å². The van der Waals surface area contributed by atoms with E-state index in [2.05, 4.69) is 22.6 Å². The summed E-state index contributed by atoms with van der Waals surface area (Å²) in [6.45, 7) is 2.02. The Morgan fingerprint density at radius 1 is 1.29 bits per heavy atom. The van der Waals surface area contributed by atoms with Gasteiger partial charge < -0.3 is 15.5 Å². The summed E-state index contributed by atoms with van der Waals surface area (Å²) in [5.74, 6) is 0.521. The summed E-state index contributed by atoms with van der Waals surface area (Å²) in [5.41, 5.74) is 0. The number of amides is 1. The van der Waals surface area contributed by atoms with Crippen LogP contribution in [0.15, 0.2) is 0 Å². The predicted octanol–water partition coefficient (Wildman–Crippen LogP) is -0.585. The van der Waals surface area contributed by atoms with Gasteiger partial charge in [-0.05, 0) is 26.9 Å². The van der Waals surface area contributed by atoms with E-state index in [4.69, 9.17) is 0 Å². The van der Waals surface area contributed by atoms with Crippen molar-refractivity contribution in [3.8, 4) is 0 Å². The number of carbonyl (C=O) groups is 1. The molecule has 0 aromatic rings. The average molecular weight is 197 g/mol. The van der Waals surface area contributed by atoms with Gasteiger partial charge >= 0.3 is 0 Å². The Balaban J connectivity index is 1.65. The number of likely N-dealkylation sites (tertiary alicyclic amines) is 1. The van der Waals surface area contributed by atoms with E-state index in [1.54, 1.807) is 0 Å². The first kappa shape index (κ1) is 9.93. The van der Waals surface area contributed by atoms with Crippen LogP contribution in [-0.2, 0) is 4.79 Å². The van der Waals surface area contributed by atoms with Crippen LogP contribution in [0.2, 0.25) is 0 Å². The zero-order chi connectivity index (χ0) is 10.1. The number of likely N-dealkylation sites (N-methyl/N-ethyl adjacent to an activating group) is 1. The van der Waals surface area contributed by atoms with Gasteiger partial charge in [-0.15, -0.1) is 0 Å². The molecule has 4 heteroatoms. The Kier molecular flexibility index (Phi) is 2.74. The van der Waals surface area contributed by atoms with Crippen molar-refractivity contribution in [1.29, 1.82) is 0 Å². The van der Waals surface area contributed by atoms with Crippen molar-refractivity contribution in [1.82, 2.24) is 15.5 Å². The van der Waals surface area contributed by atoms with Crippen LogP contribution in [0, 0.1) is 5.92 Å². The second-order valence-electron chi connectivity index (χ2n) is 4.58. The number of nitrogens with zero attached hydrogens (tertiary/aromatic N) is 1. The van der Waals surface area contributed by atoms with Crippen LogP contribution in [0.25, 0.3) is 0 Å². The number of nitrogens with one attached hydrogen (secondary N) is 2. The molecule has 0 aromatic heterocycles. The third-order valence-electron chi connectivity index (χ3n) is 3.33. The van der Waals surface area contributed by atoms with Crippen LogP contribution in [0.4, 0.5) is 0 Å². The first-order valence-electron chi connectivity index (χ1n) is 5.35. The van der Waals surface area contributed by atoms with Crippen LogP contribution in [-0.4, -0.2) is 50.1 Å². The van der Waals surface area contributed by atoms with Gasteiger partial charge in [0.15, 0.2) is 0 Å². The van der Waals surface area contributed by atoms with E-state index in [-0.39, 0.29) is 11.8 Å². The number of hydrogen-bond donors (Lipinski definition) is 2. The Morgan fingerprint density at radius 2 is 1.93 bits per heavy atom. The molecule has 2 rings (SSSR count). The van der Waals surface area contributed by atoms with Crippen molar-refractivity contribution in [2.75, 3.05) is 27.2 Å². The summed E-state index contributed by atoms with van der Waals surface area (Å²) in [6, 6.07) is 0.968. The molecule has 1 aliphatic carbocycles. The van der Waals surface area contributed by atoms with Crippen LogP contribution in [0.3, 0.4) is 0 Å². The largest absolute Gasteiger partial charge is 0.351 e. The molecule has 0 bridgehead atoms. The third-order valence-corrected chi connectivity index (χ3v) is 3.33. The summed E-state index contributed by atoms with van der Waals surface area (Å²) in [6.07, 6.45) is 2.01. The van der Waals surface area contributed by atoms with E-state index in [9.17, 15) is 4.79 Å². The molecule has 0 unspecified atom stereocenters. The van der Waals surface area contributed by atoms with E-state index in [1.807, 2.05) is 7.05 Å². The summed E-state index contributed by atoms with van der Waals surface area (Å²) >= 11 is 0. The maximum Gasteiger partial charge on any atom is 0.223 e. The minimum atomic E-state index is 0.259. The summed E-state index contributed by atoms with van der Waals surface area (Å²) < 4.78 is 0. The monoisotopic (exact) mass is 197 g/mol. The molecule has 1 saturated carbocycles. The molecule has 1 heterocycles. The molecule has 2 fully saturated rings. The molecule has 4 nitrogen and oxygen atoms in total. The molecular formula is C10H19N3O. The van der Waals surface area contributed by atoms with Crippen molar-refractivity contribution >= 4 is 5.91 Å². The molecule has 0 atom stereocenters. The van der Waals surface area contributed by atoms with Gasteiger partial charge in [-0.2, -0.15) is 0 Å². The van der Waals surface area contributed by atoms with Crippen LogP contribution in [0.1, 0.15) is 12.8 Å². The second kappa shape index (κ2) is 3.87. The lowest BCUT2D eigenvalue weighted by Crippen LogP contribution is -2.59. The third kappa shape index (κ3) is 1.91. The molecule has 2 aliphatic rings. The number of carbonyl (C=O) groups excluding carboxylic acids is 1. The maximum atomic E-state index is 11.6.